The van der Waals surface area contributed by atoms with Gasteiger partial charge in [-0.05, 0) is 24.6 Å². The Kier molecular flexibility index (Phi) is 7.35. The molecule has 0 spiro atoms. The minimum atomic E-state index is -6.04. The Morgan fingerprint density at radius 1 is 1.16 bits per heavy atom. The van der Waals surface area contributed by atoms with Crippen molar-refractivity contribution in [1.82, 2.24) is 20.1 Å². The summed E-state index contributed by atoms with van der Waals surface area (Å²) in [6.45, 7) is 4.21. The normalized spacial score (nSPS) is 16.4. The lowest BCUT2D eigenvalue weighted by atomic mass is 9.92. The molecule has 0 saturated carbocycles. The second-order valence-corrected chi connectivity index (χ2v) is 8.12. The van der Waals surface area contributed by atoms with E-state index in [9.17, 15) is 41.0 Å². The summed E-state index contributed by atoms with van der Waals surface area (Å²) in [5.74, 6) is -1.57. The monoisotopic (exact) mass is 533 g/mol. The standard InChI is InChI=1S/C21H21F6N7O3/c1-3-14(35)34-9-8-13(10-34)33(2)18-30-17(15(16(28)36)31-32-18)29-12-6-4-11(5-7-12)19(37,20(22,23)24)21(25,26)27/h3-7,13,37H,1,8-10H2,2H3,(H2,28,36)(H,29,30,32)/t13-/m1/s1. The van der Waals surface area contributed by atoms with E-state index >= 15 is 0 Å². The quantitative estimate of drug-likeness (QED) is 0.364. The fraction of sp³-hybridized carbons (Fsp3) is 0.381. The first-order chi connectivity index (χ1) is 17.1. The molecule has 0 unspecified atom stereocenters. The molecule has 2 amide bonds. The molecule has 37 heavy (non-hydrogen) atoms. The SMILES string of the molecule is C=CC(=O)N1CC[C@@H](N(C)c2nnc(C(N)=O)c(Nc3ccc(C(O)(C(F)(F)F)C(F)(F)F)cc3)n2)C1. The lowest BCUT2D eigenvalue weighted by Crippen LogP contribution is -2.53. The number of nitrogens with one attached hydrogen (secondary N) is 1. The second kappa shape index (κ2) is 9.84. The number of aromatic nitrogens is 3. The number of anilines is 3. The number of hydrogen-bond acceptors (Lipinski definition) is 8. The molecule has 16 heteroatoms. The number of likely N-dealkylation sites (N-methyl/N-ethyl adjacent to an activating group) is 1. The zero-order valence-electron chi connectivity index (χ0n) is 19.1. The van der Waals surface area contributed by atoms with Gasteiger partial charge in [0.15, 0.2) is 11.5 Å². The highest BCUT2D eigenvalue weighted by Gasteiger charge is 2.71. The molecule has 10 nitrogen and oxygen atoms in total. The molecule has 1 aromatic heterocycles. The Morgan fingerprint density at radius 3 is 2.27 bits per heavy atom. The van der Waals surface area contributed by atoms with Gasteiger partial charge in [-0.2, -0.15) is 31.3 Å². The van der Waals surface area contributed by atoms with Gasteiger partial charge in [-0.3, -0.25) is 9.59 Å². The van der Waals surface area contributed by atoms with E-state index in [4.69, 9.17) is 5.73 Å². The molecule has 2 heterocycles. The molecule has 1 aromatic carbocycles. The van der Waals surface area contributed by atoms with Crippen LogP contribution in [0.4, 0.5) is 43.8 Å². The van der Waals surface area contributed by atoms with E-state index in [1.165, 1.54) is 6.08 Å². The van der Waals surface area contributed by atoms with Crippen LogP contribution in [-0.4, -0.2) is 75.5 Å². The van der Waals surface area contributed by atoms with Gasteiger partial charge in [0, 0.05) is 31.4 Å². The van der Waals surface area contributed by atoms with E-state index in [1.807, 2.05) is 0 Å². The lowest BCUT2D eigenvalue weighted by molar-refractivity contribution is -0.376. The summed E-state index contributed by atoms with van der Waals surface area (Å²) in [4.78, 5) is 31.0. The summed E-state index contributed by atoms with van der Waals surface area (Å²) < 4.78 is 78.7. The smallest absolute Gasteiger partial charge is 0.369 e. The molecule has 1 atom stereocenters. The van der Waals surface area contributed by atoms with Crippen molar-refractivity contribution in [2.75, 3.05) is 30.4 Å². The van der Waals surface area contributed by atoms with Crippen LogP contribution >= 0.6 is 0 Å². The van der Waals surface area contributed by atoms with Crippen LogP contribution in [0.1, 0.15) is 22.5 Å². The van der Waals surface area contributed by atoms with Crippen LogP contribution in [0.25, 0.3) is 0 Å². The zero-order valence-corrected chi connectivity index (χ0v) is 19.1. The Balaban J connectivity index is 1.89. The minimum Gasteiger partial charge on any atom is -0.369 e. The Hall–Kier alpha value is -3.95. The van der Waals surface area contributed by atoms with Gasteiger partial charge >= 0.3 is 12.4 Å². The number of carbonyl (C=O) groups is 2. The summed E-state index contributed by atoms with van der Waals surface area (Å²) in [5.41, 5.74) is -1.80. The van der Waals surface area contributed by atoms with Gasteiger partial charge in [-0.1, -0.05) is 18.7 Å². The van der Waals surface area contributed by atoms with Crippen molar-refractivity contribution in [3.05, 3.63) is 48.2 Å². The van der Waals surface area contributed by atoms with Crippen molar-refractivity contribution >= 4 is 29.3 Å². The second-order valence-electron chi connectivity index (χ2n) is 8.12. The van der Waals surface area contributed by atoms with Gasteiger partial charge < -0.3 is 26.0 Å². The number of alkyl halides is 6. The summed E-state index contributed by atoms with van der Waals surface area (Å²) in [6, 6.07) is 2.28. The van der Waals surface area contributed by atoms with Crippen molar-refractivity contribution in [3.63, 3.8) is 0 Å². The number of nitrogens with zero attached hydrogens (tertiary/aromatic N) is 5. The first kappa shape index (κ1) is 27.6. The molecule has 3 rings (SSSR count). The zero-order chi connectivity index (χ0) is 27.8. The van der Waals surface area contributed by atoms with Crippen LogP contribution in [0.2, 0.25) is 0 Å². The van der Waals surface area contributed by atoms with Crippen LogP contribution in [-0.2, 0) is 10.4 Å². The number of nitrogens with two attached hydrogens (primary N) is 1. The van der Waals surface area contributed by atoms with Gasteiger partial charge in [-0.15, -0.1) is 10.2 Å². The number of hydrogen-bond donors (Lipinski definition) is 3. The fourth-order valence-electron chi connectivity index (χ4n) is 3.69. The van der Waals surface area contributed by atoms with Crippen LogP contribution < -0.4 is 16.0 Å². The molecule has 0 bridgehead atoms. The van der Waals surface area contributed by atoms with Crippen LogP contribution in [0.3, 0.4) is 0 Å². The maximum Gasteiger partial charge on any atom is 0.430 e. The average Bonchev–Trinajstić information content (AvgIpc) is 3.31. The molecule has 200 valence electrons. The average molecular weight is 533 g/mol. The van der Waals surface area contributed by atoms with E-state index < -0.39 is 35.1 Å². The van der Waals surface area contributed by atoms with Crippen molar-refractivity contribution in [2.45, 2.75) is 30.4 Å². The topological polar surface area (TPSA) is 138 Å². The number of benzene rings is 1. The van der Waals surface area contributed by atoms with E-state index in [0.717, 1.165) is 12.1 Å². The Labute approximate surface area is 205 Å². The first-order valence-electron chi connectivity index (χ1n) is 10.5. The third kappa shape index (κ3) is 5.28. The molecule has 1 saturated heterocycles. The van der Waals surface area contributed by atoms with E-state index in [-0.39, 0.29) is 29.4 Å². The number of halogens is 6. The first-order valence-corrected chi connectivity index (χ1v) is 10.5. The molecule has 4 N–H and O–H groups in total. The number of likely N-dealkylation sites (tertiary alicyclic amines) is 1. The van der Waals surface area contributed by atoms with Gasteiger partial charge in [0.2, 0.25) is 11.9 Å². The number of amides is 2. The molecule has 1 fully saturated rings. The maximum absolute atomic E-state index is 13.1. The summed E-state index contributed by atoms with van der Waals surface area (Å²) in [7, 11) is 1.61. The Bertz CT molecular complexity index is 1170. The van der Waals surface area contributed by atoms with Crippen LogP contribution in [0.5, 0.6) is 0 Å². The van der Waals surface area contributed by atoms with Crippen molar-refractivity contribution in [3.8, 4) is 0 Å². The third-order valence-corrected chi connectivity index (χ3v) is 5.81. The van der Waals surface area contributed by atoms with Gasteiger partial charge in [-0.25, -0.2) is 0 Å². The van der Waals surface area contributed by atoms with Gasteiger partial charge in [0.05, 0.1) is 6.04 Å². The lowest BCUT2D eigenvalue weighted by Gasteiger charge is -2.32. The van der Waals surface area contributed by atoms with Crippen molar-refractivity contribution in [2.24, 2.45) is 5.73 Å². The van der Waals surface area contributed by atoms with Crippen molar-refractivity contribution < 1.29 is 41.0 Å². The molecule has 0 radical (unpaired) electrons. The highest BCUT2D eigenvalue weighted by atomic mass is 19.4. The Morgan fingerprint density at radius 2 is 1.76 bits per heavy atom. The van der Waals surface area contributed by atoms with Crippen LogP contribution in [0.15, 0.2) is 36.9 Å². The predicted molar refractivity (Wildman–Crippen MR) is 118 cm³/mol. The number of rotatable bonds is 7. The molecule has 1 aliphatic heterocycles. The highest BCUT2D eigenvalue weighted by Crippen LogP contribution is 2.50. The van der Waals surface area contributed by atoms with Crippen molar-refractivity contribution in [1.29, 1.82) is 0 Å². The molecule has 1 aliphatic rings. The molecule has 0 aliphatic carbocycles. The van der Waals surface area contributed by atoms with Crippen LogP contribution in [0, 0.1) is 0 Å². The molecular formula is C21H21F6N7O3. The molecular weight excluding hydrogens is 512 g/mol. The van der Waals surface area contributed by atoms with E-state index in [0.29, 0.717) is 31.6 Å². The van der Waals surface area contributed by atoms with E-state index in [2.05, 4.69) is 27.1 Å². The summed E-state index contributed by atoms with van der Waals surface area (Å²) in [5, 5.41) is 19.7. The fourth-order valence-corrected chi connectivity index (χ4v) is 3.69. The molecule has 2 aromatic rings. The number of primary amides is 1. The highest BCUT2D eigenvalue weighted by molar-refractivity contribution is 5.96. The van der Waals surface area contributed by atoms with Gasteiger partial charge in [0.25, 0.3) is 11.5 Å². The summed E-state index contributed by atoms with van der Waals surface area (Å²) in [6.07, 6.45) is -10.3. The maximum atomic E-state index is 13.1. The number of aliphatic hydroxyl groups is 1. The number of carbonyl (C=O) groups excluding carboxylic acids is 2. The van der Waals surface area contributed by atoms with E-state index in [1.54, 1.807) is 16.8 Å². The van der Waals surface area contributed by atoms with Gasteiger partial charge in [0.1, 0.15) is 0 Å². The third-order valence-electron chi connectivity index (χ3n) is 5.81. The summed E-state index contributed by atoms with van der Waals surface area (Å²) >= 11 is 0. The predicted octanol–water partition coefficient (Wildman–Crippen LogP) is 2.25. The minimum absolute atomic E-state index is 0.00513. The largest absolute Gasteiger partial charge is 0.430 e.